The summed E-state index contributed by atoms with van der Waals surface area (Å²) >= 11 is 0. The van der Waals surface area contributed by atoms with Gasteiger partial charge in [-0.3, -0.25) is 0 Å². The van der Waals surface area contributed by atoms with Crippen LogP contribution in [0.3, 0.4) is 0 Å². The van der Waals surface area contributed by atoms with Crippen LogP contribution in [0.1, 0.15) is 59.7 Å². The number of piperidine rings is 1. The average Bonchev–Trinajstić information content (AvgIpc) is 2.91. The summed E-state index contributed by atoms with van der Waals surface area (Å²) in [5, 5.41) is 1.78. The Bertz CT molecular complexity index is 1500. The number of rotatable bonds is 8. The Morgan fingerprint density at radius 2 is 1.84 bits per heavy atom. The van der Waals surface area contributed by atoms with E-state index < -0.39 is 122 Å². The topological polar surface area (TPSA) is 44.8 Å². The fourth-order valence-corrected chi connectivity index (χ4v) is 2.44. The molecule has 3 rings (SSSR count). The van der Waals surface area contributed by atoms with E-state index >= 15 is 0 Å². The van der Waals surface area contributed by atoms with Gasteiger partial charge >= 0.3 is 6.03 Å². The van der Waals surface area contributed by atoms with E-state index in [1.807, 2.05) is 0 Å². The maximum absolute atomic E-state index is 14.4. The molecule has 1 aliphatic heterocycles. The minimum absolute atomic E-state index is 0.000643. The molecular weight excluding hydrogens is 393 g/mol. The molecule has 0 atom stereocenters. The van der Waals surface area contributed by atoms with Crippen LogP contribution < -0.4 is 10.1 Å². The SMILES string of the molecule is [2H]c1c([2H])c(C([2H])([2H])N(C(=O)NC([2H])([2H])c2c([2H])c([2H])c(OCC(C)C)c([2H])c2[2H])C2CC([2H])([2H])N(C)C([2H])([2H])C2)c([2H])c([2H])c1F. The van der Waals surface area contributed by atoms with Gasteiger partial charge in [0.1, 0.15) is 11.6 Å². The molecule has 1 N–H and O–H groups in total. The first kappa shape index (κ1) is 9.90. The van der Waals surface area contributed by atoms with Crippen LogP contribution in [0, 0.1) is 11.7 Å². The number of hydrogen-bond acceptors (Lipinski definition) is 3. The first-order valence-corrected chi connectivity index (χ1v) is 9.57. The van der Waals surface area contributed by atoms with Crippen molar-refractivity contribution in [3.63, 3.8) is 0 Å². The van der Waals surface area contributed by atoms with Gasteiger partial charge in [0.05, 0.1) is 23.1 Å². The van der Waals surface area contributed by atoms with Gasteiger partial charge in [-0.25, -0.2) is 9.18 Å². The van der Waals surface area contributed by atoms with Crippen LogP contribution >= 0.6 is 0 Å². The van der Waals surface area contributed by atoms with E-state index in [1.165, 1.54) is 0 Å². The molecule has 168 valence electrons. The number of nitrogens with zero attached hydrogens (tertiary/aromatic N) is 2. The number of ether oxygens (including phenoxy) is 1. The van der Waals surface area contributed by atoms with Gasteiger partial charge in [0.15, 0.2) is 0 Å². The third-order valence-corrected chi connectivity index (χ3v) is 4.00. The third kappa shape index (κ3) is 7.24. The number of benzene rings is 2. The summed E-state index contributed by atoms with van der Waals surface area (Å²) in [5.74, 6) is -2.18. The van der Waals surface area contributed by atoms with Crippen molar-refractivity contribution in [1.29, 1.82) is 0 Å². The summed E-state index contributed by atoms with van der Waals surface area (Å²) in [6, 6.07) is -12.1. The van der Waals surface area contributed by atoms with Crippen LogP contribution in [0.4, 0.5) is 9.18 Å². The second kappa shape index (κ2) is 11.1. The lowest BCUT2D eigenvalue weighted by Crippen LogP contribution is -2.49. The highest BCUT2D eigenvalue weighted by Gasteiger charge is 2.27. The lowest BCUT2D eigenvalue weighted by Gasteiger charge is -2.37. The number of amides is 2. The van der Waals surface area contributed by atoms with Crippen LogP contribution in [-0.4, -0.2) is 48.5 Å². The van der Waals surface area contributed by atoms with Crippen LogP contribution in [0.15, 0.2) is 48.3 Å². The van der Waals surface area contributed by atoms with Gasteiger partial charge in [0, 0.05) is 24.5 Å². The Labute approximate surface area is 207 Å². The first-order chi connectivity index (χ1) is 21.2. The average molecular weight is 444 g/mol. The number of urea groups is 1. The molecule has 0 spiro atoms. The highest BCUT2D eigenvalue weighted by atomic mass is 19.1. The van der Waals surface area contributed by atoms with Gasteiger partial charge in [-0.05, 0) is 74.1 Å². The lowest BCUT2D eigenvalue weighted by molar-refractivity contribution is 0.127. The zero-order valence-corrected chi connectivity index (χ0v) is 17.4. The van der Waals surface area contributed by atoms with Crippen molar-refractivity contribution in [3.8, 4) is 5.75 Å². The molecule has 31 heavy (non-hydrogen) atoms. The van der Waals surface area contributed by atoms with Crippen molar-refractivity contribution in [2.24, 2.45) is 5.92 Å². The predicted molar refractivity (Wildman–Crippen MR) is 121 cm³/mol. The van der Waals surface area contributed by atoms with Crippen molar-refractivity contribution in [3.05, 3.63) is 65.3 Å². The van der Waals surface area contributed by atoms with E-state index in [4.69, 9.17) is 26.7 Å². The van der Waals surface area contributed by atoms with E-state index in [2.05, 4.69) is 0 Å². The summed E-state index contributed by atoms with van der Waals surface area (Å²) in [4.78, 5) is 14.8. The largest absolute Gasteiger partial charge is 0.493 e. The van der Waals surface area contributed by atoms with E-state index in [9.17, 15) is 9.18 Å². The van der Waals surface area contributed by atoms with Crippen LogP contribution in [0.5, 0.6) is 5.75 Å². The Kier molecular flexibility index (Phi) is 3.56. The van der Waals surface area contributed by atoms with E-state index in [0.717, 1.165) is 7.05 Å². The highest BCUT2D eigenvalue weighted by molar-refractivity contribution is 5.74. The number of carbonyl (C=O) groups excluding carboxylic acids is 1. The lowest BCUT2D eigenvalue weighted by atomic mass is 10.0. The fraction of sp³-hybridized carbons (Fsp3) is 0.480. The fourth-order valence-electron chi connectivity index (χ4n) is 2.44. The predicted octanol–water partition coefficient (Wildman–Crippen LogP) is 4.67. The highest BCUT2D eigenvalue weighted by Crippen LogP contribution is 2.19. The Morgan fingerprint density at radius 3 is 2.45 bits per heavy atom. The maximum Gasteiger partial charge on any atom is 0.318 e. The normalized spacial score (nSPS) is 26.7. The molecule has 1 fully saturated rings. The molecule has 2 aromatic rings. The number of hydrogen-bond donors (Lipinski definition) is 1. The number of carbonyl (C=O) groups is 1. The molecular formula is C25H34FN3O2. The molecule has 2 amide bonds. The van der Waals surface area contributed by atoms with Gasteiger partial charge < -0.3 is 19.9 Å². The van der Waals surface area contributed by atoms with Gasteiger partial charge in [0.25, 0.3) is 0 Å². The summed E-state index contributed by atoms with van der Waals surface area (Å²) in [6.07, 6.45) is -1.60. The van der Waals surface area contributed by atoms with Gasteiger partial charge in [-0.15, -0.1) is 0 Å². The Morgan fingerprint density at radius 1 is 1.23 bits per heavy atom. The molecule has 0 aliphatic carbocycles. The summed E-state index contributed by atoms with van der Waals surface area (Å²) in [6.45, 7) is -8.40. The zero-order valence-electron chi connectivity index (χ0n) is 33.4. The zero-order chi connectivity index (χ0) is 36.4. The Hall–Kier alpha value is -2.60. The molecule has 1 aliphatic rings. The van der Waals surface area contributed by atoms with Crippen molar-refractivity contribution >= 4 is 6.03 Å². The number of likely N-dealkylation sites (tertiary alicyclic amines) is 1. The molecule has 1 saturated heterocycles. The van der Waals surface area contributed by atoms with Gasteiger partial charge in [-0.2, -0.15) is 0 Å². The molecule has 1 heterocycles. The molecule has 2 aromatic carbocycles. The van der Waals surface area contributed by atoms with Crippen LogP contribution in [0.25, 0.3) is 0 Å². The second-order valence-corrected chi connectivity index (χ2v) is 7.07. The molecule has 0 bridgehead atoms. The molecule has 0 radical (unpaired) electrons. The van der Waals surface area contributed by atoms with Gasteiger partial charge in [-0.1, -0.05) is 38.0 Å². The third-order valence-electron chi connectivity index (χ3n) is 4.00. The standard InChI is InChI=1S/C25H34FN3O2/c1-19(2)18-31-24-10-6-20(7-11-24)16-27-25(30)29(23-12-14-28(3)15-13-23)17-21-4-8-22(26)9-5-21/h4-11,19,23H,12-18H2,1-3H3,(H,27,30)/i4D,5D,6D,7D,8D,9D,10D,11D,14D2,15D2,16D2,17D2. The van der Waals surface area contributed by atoms with Gasteiger partial charge in [0.2, 0.25) is 0 Å². The van der Waals surface area contributed by atoms with E-state index in [-0.39, 0.29) is 17.4 Å². The minimum Gasteiger partial charge on any atom is -0.493 e. The van der Waals surface area contributed by atoms with E-state index in [0.29, 0.717) is 4.90 Å². The quantitative estimate of drug-likeness (QED) is 0.645. The van der Waals surface area contributed by atoms with Crippen LogP contribution in [0.2, 0.25) is 0 Å². The first-order valence-electron chi connectivity index (χ1n) is 17.6. The van der Waals surface area contributed by atoms with Crippen LogP contribution in [-0.2, 0) is 13.0 Å². The Balaban J connectivity index is 2.24. The van der Waals surface area contributed by atoms with Crippen molar-refractivity contribution in [2.45, 2.75) is 45.7 Å². The number of nitrogens with one attached hydrogen (secondary N) is 1. The summed E-state index contributed by atoms with van der Waals surface area (Å²) in [7, 11) is 1.10. The van der Waals surface area contributed by atoms with Crippen molar-refractivity contribution in [2.75, 3.05) is 26.6 Å². The number of halogens is 1. The van der Waals surface area contributed by atoms with Crippen molar-refractivity contribution in [1.82, 2.24) is 15.1 Å². The molecule has 0 unspecified atom stereocenters. The summed E-state index contributed by atoms with van der Waals surface area (Å²) in [5.41, 5.74) is -2.17. The monoisotopic (exact) mass is 443 g/mol. The van der Waals surface area contributed by atoms with E-state index in [1.54, 1.807) is 19.2 Å². The molecule has 6 heteroatoms. The molecule has 0 saturated carbocycles. The van der Waals surface area contributed by atoms with Crippen molar-refractivity contribution < 1.29 is 35.9 Å². The summed E-state index contributed by atoms with van der Waals surface area (Å²) < 4.78 is 154. The smallest absolute Gasteiger partial charge is 0.318 e. The molecule has 5 nitrogen and oxygen atoms in total. The maximum atomic E-state index is 14.4. The minimum atomic E-state index is -3.51. The molecule has 0 aromatic heterocycles. The second-order valence-electron chi connectivity index (χ2n) is 7.07.